The van der Waals surface area contributed by atoms with Crippen LogP contribution in [-0.2, 0) is 5.41 Å². The molecule has 0 aliphatic heterocycles. The lowest BCUT2D eigenvalue weighted by molar-refractivity contribution is 0.597. The average Bonchev–Trinajstić information content (AvgIpc) is 3.40. The van der Waals surface area contributed by atoms with Crippen LogP contribution < -0.4 is 0 Å². The van der Waals surface area contributed by atoms with E-state index in [1.165, 1.54) is 60.5 Å². The monoisotopic (exact) mass is 480 g/mol. The Hall–Kier alpha value is -4.30. The number of benzene rings is 5. The van der Waals surface area contributed by atoms with E-state index in [0.29, 0.717) is 0 Å². The summed E-state index contributed by atoms with van der Waals surface area (Å²) < 4.78 is 4.94. The van der Waals surface area contributed by atoms with E-state index in [-0.39, 0.29) is 12.8 Å². The molecule has 2 aromatic heterocycles. The van der Waals surface area contributed by atoms with Crippen LogP contribution in [0, 0.1) is 0 Å². The highest BCUT2D eigenvalue weighted by Gasteiger charge is 2.29. The van der Waals surface area contributed by atoms with Gasteiger partial charge in [-0.3, -0.25) is 0 Å². The number of aromatic nitrogens is 2. The lowest BCUT2D eigenvalue weighted by atomic mass is 9.83. The average molecular weight is 481 g/mol. The van der Waals surface area contributed by atoms with Crippen molar-refractivity contribution in [2.75, 3.05) is 0 Å². The Labute approximate surface area is 218 Å². The maximum absolute atomic E-state index is 2.47. The molecule has 0 radical (unpaired) electrons. The van der Waals surface area contributed by atoms with Gasteiger partial charge in [-0.2, -0.15) is 0 Å². The smallest absolute Gasteiger partial charge is 0.0599 e. The van der Waals surface area contributed by atoms with E-state index in [1.54, 1.807) is 0 Å². The van der Waals surface area contributed by atoms with Gasteiger partial charge in [0.2, 0.25) is 0 Å². The Bertz CT molecular complexity index is 1760. The molecule has 7 rings (SSSR count). The molecule has 2 heteroatoms. The van der Waals surface area contributed by atoms with Gasteiger partial charge in [-0.1, -0.05) is 101 Å². The topological polar surface area (TPSA) is 9.86 Å². The predicted octanol–water partition coefficient (Wildman–Crippen LogP) is 9.81. The van der Waals surface area contributed by atoms with Crippen LogP contribution in [0.1, 0.15) is 33.8 Å². The SMILES string of the molecule is C.CC(C)(C)c1c2c(cc3c4ccccc4n(-c4ccccc4)c13)c1ccccc1n2-c1ccccc1. The fraction of sp³-hybridized carbons (Fsp3) is 0.143. The van der Waals surface area contributed by atoms with E-state index in [0.717, 1.165) is 0 Å². The number of hydrogen-bond acceptors (Lipinski definition) is 0. The summed E-state index contributed by atoms with van der Waals surface area (Å²) in [6, 6.07) is 41.7. The molecule has 37 heavy (non-hydrogen) atoms. The summed E-state index contributed by atoms with van der Waals surface area (Å²) in [4.78, 5) is 0. The molecule has 2 nitrogen and oxygen atoms in total. The van der Waals surface area contributed by atoms with Crippen molar-refractivity contribution in [2.45, 2.75) is 33.6 Å². The first-order valence-electron chi connectivity index (χ1n) is 12.6. The van der Waals surface area contributed by atoms with Crippen LogP contribution >= 0.6 is 0 Å². The fourth-order valence-corrected chi connectivity index (χ4v) is 5.97. The van der Waals surface area contributed by atoms with Crippen molar-refractivity contribution >= 4 is 43.6 Å². The number of rotatable bonds is 2. The van der Waals surface area contributed by atoms with Gasteiger partial charge in [0.1, 0.15) is 0 Å². The first-order chi connectivity index (χ1) is 17.5. The number of fused-ring (bicyclic) bond motifs is 6. The van der Waals surface area contributed by atoms with Crippen LogP contribution in [0.15, 0.2) is 115 Å². The molecular weight excluding hydrogens is 448 g/mol. The van der Waals surface area contributed by atoms with E-state index < -0.39 is 0 Å². The van der Waals surface area contributed by atoms with Crippen LogP contribution in [0.4, 0.5) is 0 Å². The summed E-state index contributed by atoms with van der Waals surface area (Å²) in [6.45, 7) is 7.05. The molecule has 0 amide bonds. The zero-order valence-corrected chi connectivity index (χ0v) is 20.9. The molecule has 5 aromatic carbocycles. The second-order valence-corrected chi connectivity index (χ2v) is 10.7. The molecule has 0 saturated carbocycles. The van der Waals surface area contributed by atoms with Gasteiger partial charge < -0.3 is 9.13 Å². The highest BCUT2D eigenvalue weighted by atomic mass is 15.0. The first kappa shape index (κ1) is 23.1. The van der Waals surface area contributed by atoms with Gasteiger partial charge in [-0.15, -0.1) is 0 Å². The summed E-state index contributed by atoms with van der Waals surface area (Å²) in [5, 5.41) is 5.20. The molecule has 0 aliphatic rings. The van der Waals surface area contributed by atoms with Crippen molar-refractivity contribution < 1.29 is 0 Å². The minimum atomic E-state index is -0.0976. The predicted molar refractivity (Wildman–Crippen MR) is 161 cm³/mol. The van der Waals surface area contributed by atoms with Crippen molar-refractivity contribution in [3.05, 3.63) is 121 Å². The molecule has 7 aromatic rings. The lowest BCUT2D eigenvalue weighted by Gasteiger charge is -2.25. The molecule has 0 saturated heterocycles. The van der Waals surface area contributed by atoms with Gasteiger partial charge in [-0.05, 0) is 47.9 Å². The first-order valence-corrected chi connectivity index (χ1v) is 12.6. The molecule has 2 heterocycles. The van der Waals surface area contributed by atoms with Crippen LogP contribution in [0.25, 0.3) is 55.0 Å². The van der Waals surface area contributed by atoms with E-state index in [2.05, 4.69) is 145 Å². The van der Waals surface area contributed by atoms with E-state index >= 15 is 0 Å². The Morgan fingerprint density at radius 1 is 0.459 bits per heavy atom. The third kappa shape index (κ3) is 3.33. The highest BCUT2D eigenvalue weighted by molar-refractivity contribution is 6.21. The maximum atomic E-state index is 2.47. The quantitative estimate of drug-likeness (QED) is 0.233. The molecule has 182 valence electrons. The van der Waals surface area contributed by atoms with Gasteiger partial charge in [0.05, 0.1) is 22.1 Å². The third-order valence-corrected chi connectivity index (χ3v) is 7.37. The maximum Gasteiger partial charge on any atom is 0.0599 e. The molecule has 0 spiro atoms. The summed E-state index contributed by atoms with van der Waals surface area (Å²) in [5.74, 6) is 0. The molecular formula is C35H32N2. The van der Waals surface area contributed by atoms with E-state index in [9.17, 15) is 0 Å². The molecule has 0 N–H and O–H groups in total. The standard InChI is InChI=1S/C34H28N2.CH4/c1-34(2,3)31-32-27(25-18-10-12-20-29(25)35(32)23-14-6-4-7-15-23)22-28-26-19-11-13-21-30(26)36(33(28)31)24-16-8-5-9-17-24;/h4-22H,1-3H3;1H4. The highest BCUT2D eigenvalue weighted by Crippen LogP contribution is 2.46. The van der Waals surface area contributed by atoms with E-state index in [4.69, 9.17) is 0 Å². The van der Waals surface area contributed by atoms with Crippen LogP contribution in [-0.4, -0.2) is 9.13 Å². The summed E-state index contributed by atoms with van der Waals surface area (Å²) in [7, 11) is 0. The second-order valence-electron chi connectivity index (χ2n) is 10.7. The van der Waals surface area contributed by atoms with Crippen LogP contribution in [0.2, 0.25) is 0 Å². The minimum Gasteiger partial charge on any atom is -0.309 e. The Balaban J connectivity index is 0.00000252. The Morgan fingerprint density at radius 2 is 0.838 bits per heavy atom. The van der Waals surface area contributed by atoms with Crippen molar-refractivity contribution in [1.29, 1.82) is 0 Å². The number of para-hydroxylation sites is 4. The zero-order chi connectivity index (χ0) is 24.4. The van der Waals surface area contributed by atoms with Crippen molar-refractivity contribution in [1.82, 2.24) is 9.13 Å². The van der Waals surface area contributed by atoms with Crippen molar-refractivity contribution in [3.8, 4) is 11.4 Å². The van der Waals surface area contributed by atoms with E-state index in [1.807, 2.05) is 0 Å². The fourth-order valence-electron chi connectivity index (χ4n) is 5.97. The zero-order valence-electron chi connectivity index (χ0n) is 20.9. The largest absolute Gasteiger partial charge is 0.309 e. The minimum absolute atomic E-state index is 0. The molecule has 0 bridgehead atoms. The van der Waals surface area contributed by atoms with Gasteiger partial charge >= 0.3 is 0 Å². The van der Waals surface area contributed by atoms with Crippen molar-refractivity contribution in [3.63, 3.8) is 0 Å². The normalized spacial score (nSPS) is 12.0. The Kier molecular flexibility index (Phi) is 5.24. The van der Waals surface area contributed by atoms with Crippen LogP contribution in [0.5, 0.6) is 0 Å². The molecule has 0 fully saturated rings. The van der Waals surface area contributed by atoms with Gasteiger partial charge in [-0.25, -0.2) is 0 Å². The summed E-state index contributed by atoms with van der Waals surface area (Å²) >= 11 is 0. The third-order valence-electron chi connectivity index (χ3n) is 7.37. The number of nitrogens with zero attached hydrogens (tertiary/aromatic N) is 2. The van der Waals surface area contributed by atoms with Gasteiger partial charge in [0.15, 0.2) is 0 Å². The molecule has 0 aliphatic carbocycles. The molecule has 0 unspecified atom stereocenters. The lowest BCUT2D eigenvalue weighted by Crippen LogP contribution is -2.15. The number of hydrogen-bond donors (Lipinski definition) is 0. The summed E-state index contributed by atoms with van der Waals surface area (Å²) in [5.41, 5.74) is 8.73. The molecule has 0 atom stereocenters. The summed E-state index contributed by atoms with van der Waals surface area (Å²) in [6.07, 6.45) is 0. The van der Waals surface area contributed by atoms with Gasteiger partial charge in [0, 0.05) is 38.5 Å². The van der Waals surface area contributed by atoms with Gasteiger partial charge in [0.25, 0.3) is 0 Å². The second kappa shape index (κ2) is 8.38. The Morgan fingerprint density at radius 3 is 1.24 bits per heavy atom. The van der Waals surface area contributed by atoms with Crippen molar-refractivity contribution in [2.24, 2.45) is 0 Å². The van der Waals surface area contributed by atoms with Crippen LogP contribution in [0.3, 0.4) is 0 Å².